The molecule has 2 aliphatic rings. The predicted octanol–water partition coefficient (Wildman–Crippen LogP) is 1.51. The van der Waals surface area contributed by atoms with Crippen molar-refractivity contribution in [1.82, 2.24) is 10.6 Å². The first-order valence-electron chi connectivity index (χ1n) is 6.19. The number of carbonyl (C=O) groups excluding carboxylic acids is 1. The van der Waals surface area contributed by atoms with Gasteiger partial charge in [0.1, 0.15) is 11.5 Å². The summed E-state index contributed by atoms with van der Waals surface area (Å²) in [5.74, 6) is -0.413. The third-order valence-corrected chi connectivity index (χ3v) is 3.98. The molecule has 2 N–H and O–H groups in total. The molecule has 0 aliphatic carbocycles. The first-order chi connectivity index (χ1) is 8.62. The Morgan fingerprint density at radius 2 is 2.00 bits per heavy atom. The summed E-state index contributed by atoms with van der Waals surface area (Å²) in [7, 11) is 1.92. The van der Waals surface area contributed by atoms with Gasteiger partial charge in [0.25, 0.3) is 5.91 Å². The molecule has 0 aromatic heterocycles. The summed E-state index contributed by atoms with van der Waals surface area (Å²) < 4.78 is 13.4. The smallest absolute Gasteiger partial charge is 0.255 e. The van der Waals surface area contributed by atoms with Crippen molar-refractivity contribution in [1.29, 1.82) is 0 Å². The van der Waals surface area contributed by atoms with Crippen molar-refractivity contribution in [3.05, 3.63) is 29.6 Å². The van der Waals surface area contributed by atoms with Gasteiger partial charge in [-0.05, 0) is 31.3 Å². The molecule has 1 aromatic rings. The average molecular weight is 286 g/mol. The van der Waals surface area contributed by atoms with Gasteiger partial charge < -0.3 is 15.5 Å². The van der Waals surface area contributed by atoms with Gasteiger partial charge in [0.05, 0.1) is 11.3 Å². The van der Waals surface area contributed by atoms with Gasteiger partial charge in [-0.1, -0.05) is 0 Å². The fraction of sp³-hybridized carbons (Fsp3) is 0.462. The normalized spacial score (nSPS) is 20.5. The monoisotopic (exact) mass is 285 g/mol. The zero-order chi connectivity index (χ0) is 12.8. The van der Waals surface area contributed by atoms with Gasteiger partial charge in [-0.25, -0.2) is 4.39 Å². The third-order valence-electron chi connectivity index (χ3n) is 3.98. The van der Waals surface area contributed by atoms with Crippen LogP contribution in [0, 0.1) is 5.82 Å². The summed E-state index contributed by atoms with van der Waals surface area (Å²) in [6.45, 7) is 1.71. The van der Waals surface area contributed by atoms with Gasteiger partial charge in [0, 0.05) is 19.9 Å². The second-order valence-electron chi connectivity index (χ2n) is 4.96. The van der Waals surface area contributed by atoms with Crippen LogP contribution in [0.5, 0.6) is 0 Å². The molecule has 0 radical (unpaired) electrons. The van der Waals surface area contributed by atoms with E-state index in [1.807, 2.05) is 11.9 Å². The van der Waals surface area contributed by atoms with Crippen molar-refractivity contribution >= 4 is 24.0 Å². The molecule has 4 nitrogen and oxygen atoms in total. The molecule has 2 heterocycles. The quantitative estimate of drug-likeness (QED) is 0.759. The van der Waals surface area contributed by atoms with Crippen molar-refractivity contribution in [3.8, 4) is 0 Å². The molecule has 1 spiro atoms. The van der Waals surface area contributed by atoms with Gasteiger partial charge in [0.15, 0.2) is 0 Å². The highest BCUT2D eigenvalue weighted by Gasteiger charge is 2.42. The van der Waals surface area contributed by atoms with Gasteiger partial charge in [-0.3, -0.25) is 4.79 Å². The summed E-state index contributed by atoms with van der Waals surface area (Å²) in [4.78, 5) is 14.1. The van der Waals surface area contributed by atoms with Crippen LogP contribution < -0.4 is 15.5 Å². The van der Waals surface area contributed by atoms with Gasteiger partial charge in [-0.2, -0.15) is 0 Å². The van der Waals surface area contributed by atoms with Crippen LogP contribution in [0.25, 0.3) is 0 Å². The van der Waals surface area contributed by atoms with E-state index >= 15 is 0 Å². The molecule has 6 heteroatoms. The Bertz CT molecular complexity index is 503. The number of nitrogens with one attached hydrogen (secondary N) is 2. The first-order valence-corrected chi connectivity index (χ1v) is 6.19. The minimum atomic E-state index is -0.372. The molecule has 0 bridgehead atoms. The van der Waals surface area contributed by atoms with Crippen LogP contribution in [-0.2, 0) is 0 Å². The van der Waals surface area contributed by atoms with Crippen molar-refractivity contribution in [2.45, 2.75) is 18.5 Å². The number of hydrogen-bond acceptors (Lipinski definition) is 3. The minimum Gasteiger partial charge on any atom is -0.351 e. The SMILES string of the molecule is CN1c2cc(F)ccc2C(=O)NC12CCNCC2.Cl. The molecule has 104 valence electrons. The molecule has 3 rings (SSSR count). The highest BCUT2D eigenvalue weighted by Crippen LogP contribution is 2.35. The Morgan fingerprint density at radius 1 is 1.32 bits per heavy atom. The molecular weight excluding hydrogens is 269 g/mol. The third kappa shape index (κ3) is 2.17. The Balaban J connectivity index is 0.00000133. The highest BCUT2D eigenvalue weighted by molar-refractivity contribution is 6.02. The second kappa shape index (κ2) is 4.98. The van der Waals surface area contributed by atoms with E-state index in [9.17, 15) is 9.18 Å². The number of piperidine rings is 1. The lowest BCUT2D eigenvalue weighted by Gasteiger charge is -2.49. The standard InChI is InChI=1S/C13H16FN3O.ClH/c1-17-11-8-9(14)2-3-10(11)12(18)16-13(17)4-6-15-7-5-13;/h2-3,8,15H,4-7H2,1H3,(H,16,18);1H. The first kappa shape index (κ1) is 14.1. The maximum Gasteiger partial charge on any atom is 0.255 e. The Morgan fingerprint density at radius 3 is 2.68 bits per heavy atom. The van der Waals surface area contributed by atoms with Crippen molar-refractivity contribution in [3.63, 3.8) is 0 Å². The maximum absolute atomic E-state index is 13.4. The number of fused-ring (bicyclic) bond motifs is 1. The van der Waals surface area contributed by atoms with Crippen LogP contribution in [0.15, 0.2) is 18.2 Å². The van der Waals surface area contributed by atoms with Crippen LogP contribution in [0.3, 0.4) is 0 Å². The fourth-order valence-electron chi connectivity index (χ4n) is 2.87. The van der Waals surface area contributed by atoms with E-state index in [1.54, 1.807) is 6.07 Å². The van der Waals surface area contributed by atoms with E-state index in [4.69, 9.17) is 0 Å². The Hall–Kier alpha value is -1.33. The van der Waals surface area contributed by atoms with E-state index in [1.165, 1.54) is 12.1 Å². The molecule has 0 unspecified atom stereocenters. The van der Waals surface area contributed by atoms with E-state index < -0.39 is 0 Å². The summed E-state index contributed by atoms with van der Waals surface area (Å²) in [5.41, 5.74) is 0.854. The summed E-state index contributed by atoms with van der Waals surface area (Å²) >= 11 is 0. The number of hydrogen-bond donors (Lipinski definition) is 2. The number of benzene rings is 1. The largest absolute Gasteiger partial charge is 0.351 e. The summed E-state index contributed by atoms with van der Waals surface area (Å²) in [6, 6.07) is 4.31. The zero-order valence-corrected chi connectivity index (χ0v) is 11.5. The Labute approximate surface area is 117 Å². The molecule has 0 saturated carbocycles. The lowest BCUT2D eigenvalue weighted by Crippen LogP contribution is -2.66. The number of carbonyl (C=O) groups is 1. The van der Waals surface area contributed by atoms with E-state index in [-0.39, 0.29) is 29.8 Å². The van der Waals surface area contributed by atoms with Crippen LogP contribution in [0.2, 0.25) is 0 Å². The summed E-state index contributed by atoms with van der Waals surface area (Å²) in [5, 5.41) is 6.36. The van der Waals surface area contributed by atoms with Gasteiger partial charge >= 0.3 is 0 Å². The Kier molecular flexibility index (Phi) is 3.69. The average Bonchev–Trinajstić information content (AvgIpc) is 2.37. The molecule has 1 amide bonds. The van der Waals surface area contributed by atoms with E-state index in [2.05, 4.69) is 10.6 Å². The molecule has 0 atom stereocenters. The minimum absolute atomic E-state index is 0. The predicted molar refractivity (Wildman–Crippen MR) is 74.4 cm³/mol. The van der Waals surface area contributed by atoms with Gasteiger partial charge in [-0.15, -0.1) is 12.4 Å². The second-order valence-corrected chi connectivity index (χ2v) is 4.96. The highest BCUT2D eigenvalue weighted by atomic mass is 35.5. The number of nitrogens with zero attached hydrogens (tertiary/aromatic N) is 1. The molecule has 1 saturated heterocycles. The van der Waals surface area contributed by atoms with Crippen LogP contribution in [0.4, 0.5) is 10.1 Å². The number of halogens is 2. The van der Waals surface area contributed by atoms with Gasteiger partial charge in [0.2, 0.25) is 0 Å². The molecular formula is C13H17ClFN3O. The maximum atomic E-state index is 13.4. The van der Waals surface area contributed by atoms with E-state index in [0.717, 1.165) is 25.9 Å². The zero-order valence-electron chi connectivity index (χ0n) is 10.7. The molecule has 1 fully saturated rings. The fourth-order valence-corrected chi connectivity index (χ4v) is 2.87. The molecule has 1 aromatic carbocycles. The lowest BCUT2D eigenvalue weighted by atomic mass is 9.91. The van der Waals surface area contributed by atoms with Crippen LogP contribution in [-0.4, -0.2) is 31.7 Å². The number of amides is 1. The molecule has 19 heavy (non-hydrogen) atoms. The summed E-state index contributed by atoms with van der Waals surface area (Å²) in [6.07, 6.45) is 1.65. The van der Waals surface area contributed by atoms with Crippen molar-refractivity contribution < 1.29 is 9.18 Å². The van der Waals surface area contributed by atoms with Crippen molar-refractivity contribution in [2.24, 2.45) is 0 Å². The number of rotatable bonds is 0. The van der Waals surface area contributed by atoms with Crippen LogP contribution in [0.1, 0.15) is 23.2 Å². The molecule has 2 aliphatic heterocycles. The number of anilines is 1. The van der Waals surface area contributed by atoms with E-state index in [0.29, 0.717) is 11.3 Å². The van der Waals surface area contributed by atoms with Crippen LogP contribution >= 0.6 is 12.4 Å². The topological polar surface area (TPSA) is 44.4 Å². The lowest BCUT2D eigenvalue weighted by molar-refractivity contribution is 0.0856. The van der Waals surface area contributed by atoms with Crippen molar-refractivity contribution in [2.75, 3.05) is 25.0 Å².